The molecule has 0 unspecified atom stereocenters. The smallest absolute Gasteiger partial charge is 0.410 e. The molecule has 0 radical (unpaired) electrons. The van der Waals surface area contributed by atoms with Gasteiger partial charge in [-0.1, -0.05) is 24.3 Å². The number of nitriles is 1. The van der Waals surface area contributed by atoms with Gasteiger partial charge in [0.15, 0.2) is 0 Å². The standard InChI is InChI=1S/C23H22N4O3S/c1-2-30-23(29)27-14-11-18-19(10-13-25)22(31-20(18)15-27)26-21(28)8-7-16-5-3-4-6-17(16)9-12-24/h3-8H,2,9,11,14-15,25H2,1H3,(H,26,28)/b8-7+. The minimum atomic E-state index is -0.349. The summed E-state index contributed by atoms with van der Waals surface area (Å²) in [4.78, 5) is 27.2. The molecule has 0 bridgehead atoms. The van der Waals surface area contributed by atoms with E-state index < -0.39 is 0 Å². The average Bonchev–Trinajstić information content (AvgIpc) is 3.10. The molecule has 7 nitrogen and oxygen atoms in total. The average molecular weight is 435 g/mol. The van der Waals surface area contributed by atoms with Crippen LogP contribution in [0.1, 0.15) is 34.1 Å². The maximum atomic E-state index is 12.6. The number of hydrogen-bond donors (Lipinski definition) is 2. The molecule has 0 aliphatic carbocycles. The molecule has 2 aromatic rings. The number of nitrogens with two attached hydrogens (primary N) is 1. The summed E-state index contributed by atoms with van der Waals surface area (Å²) in [6.45, 7) is 3.02. The Morgan fingerprint density at radius 3 is 2.94 bits per heavy atom. The third-order valence-electron chi connectivity index (χ3n) is 4.76. The number of anilines is 1. The van der Waals surface area contributed by atoms with Gasteiger partial charge in [-0.25, -0.2) is 4.79 Å². The number of amides is 2. The number of carbonyl (C=O) groups excluding carboxylic acids is 2. The number of rotatable bonds is 5. The van der Waals surface area contributed by atoms with Crippen LogP contribution in [-0.2, 0) is 28.9 Å². The largest absolute Gasteiger partial charge is 0.450 e. The molecular weight excluding hydrogens is 412 g/mol. The second-order valence-electron chi connectivity index (χ2n) is 6.70. The summed E-state index contributed by atoms with van der Waals surface area (Å²) >= 11 is 1.39. The van der Waals surface area contributed by atoms with Gasteiger partial charge in [-0.3, -0.25) is 4.79 Å². The van der Waals surface area contributed by atoms with Crippen LogP contribution in [0.4, 0.5) is 9.80 Å². The van der Waals surface area contributed by atoms with Crippen molar-refractivity contribution in [3.63, 3.8) is 0 Å². The number of benzene rings is 1. The Kier molecular flexibility index (Phi) is 7.31. The summed E-state index contributed by atoms with van der Waals surface area (Å²) in [7, 11) is 0. The van der Waals surface area contributed by atoms with Gasteiger partial charge >= 0.3 is 6.09 Å². The van der Waals surface area contributed by atoms with Crippen molar-refractivity contribution in [3.05, 3.63) is 57.5 Å². The molecule has 2 amide bonds. The first-order valence-corrected chi connectivity index (χ1v) is 10.6. The highest BCUT2D eigenvalue weighted by Crippen LogP contribution is 2.36. The van der Waals surface area contributed by atoms with E-state index in [1.807, 2.05) is 24.3 Å². The Morgan fingerprint density at radius 2 is 2.19 bits per heavy atom. The summed E-state index contributed by atoms with van der Waals surface area (Å²) < 4.78 is 5.09. The molecule has 1 aliphatic rings. The zero-order chi connectivity index (χ0) is 22.2. The third-order valence-corrected chi connectivity index (χ3v) is 5.89. The lowest BCUT2D eigenvalue weighted by Crippen LogP contribution is -2.35. The lowest BCUT2D eigenvalue weighted by molar-refractivity contribution is -0.111. The van der Waals surface area contributed by atoms with Crippen molar-refractivity contribution in [1.29, 1.82) is 5.26 Å². The molecule has 0 spiro atoms. The Labute approximate surface area is 185 Å². The number of nitrogens with one attached hydrogen (secondary N) is 1. The molecule has 31 heavy (non-hydrogen) atoms. The monoisotopic (exact) mass is 434 g/mol. The number of nitrogens with zero attached hydrogens (tertiary/aromatic N) is 2. The Bertz CT molecular complexity index is 1120. The van der Waals surface area contributed by atoms with Crippen molar-refractivity contribution in [2.24, 2.45) is 5.73 Å². The van der Waals surface area contributed by atoms with Gasteiger partial charge in [0.1, 0.15) is 5.00 Å². The number of hydrogen-bond acceptors (Lipinski definition) is 6. The Hall–Kier alpha value is -3.75. The molecule has 1 aromatic carbocycles. The van der Waals surface area contributed by atoms with E-state index in [0.29, 0.717) is 36.7 Å². The quantitative estimate of drug-likeness (QED) is 0.427. The summed E-state index contributed by atoms with van der Waals surface area (Å²) in [5.74, 6) is 2.57. The van der Waals surface area contributed by atoms with Gasteiger partial charge in [-0.15, -0.1) is 11.3 Å². The van der Waals surface area contributed by atoms with Gasteiger partial charge in [-0.2, -0.15) is 5.26 Å². The van der Waals surface area contributed by atoms with Crippen LogP contribution in [0.5, 0.6) is 0 Å². The van der Waals surface area contributed by atoms with Gasteiger partial charge in [0, 0.05) is 23.5 Å². The summed E-state index contributed by atoms with van der Waals surface area (Å²) in [6.07, 6.45) is 3.65. The predicted molar refractivity (Wildman–Crippen MR) is 120 cm³/mol. The highest BCUT2D eigenvalue weighted by Gasteiger charge is 2.27. The van der Waals surface area contributed by atoms with Crippen molar-refractivity contribution in [2.45, 2.75) is 26.3 Å². The van der Waals surface area contributed by atoms with Crippen LogP contribution in [-0.4, -0.2) is 30.1 Å². The fraction of sp³-hybridized carbons (Fsp3) is 0.261. The molecule has 0 fully saturated rings. The number of ether oxygens (including phenoxy) is 1. The second-order valence-corrected chi connectivity index (χ2v) is 7.81. The minimum Gasteiger partial charge on any atom is -0.450 e. The van der Waals surface area contributed by atoms with Gasteiger partial charge in [0.05, 0.1) is 31.2 Å². The predicted octanol–water partition coefficient (Wildman–Crippen LogP) is 3.25. The maximum absolute atomic E-state index is 12.6. The van der Waals surface area contributed by atoms with Crippen LogP contribution in [0.15, 0.2) is 30.3 Å². The minimum absolute atomic E-state index is 0.271. The van der Waals surface area contributed by atoms with Crippen molar-refractivity contribution < 1.29 is 14.3 Å². The van der Waals surface area contributed by atoms with E-state index in [2.05, 4.69) is 23.4 Å². The summed E-state index contributed by atoms with van der Waals surface area (Å²) in [5, 5.41) is 12.4. The first kappa shape index (κ1) is 21.9. The van der Waals surface area contributed by atoms with Crippen LogP contribution in [0.3, 0.4) is 0 Å². The normalized spacial score (nSPS) is 12.5. The molecule has 158 valence electrons. The van der Waals surface area contributed by atoms with Crippen LogP contribution < -0.4 is 11.1 Å². The first-order chi connectivity index (χ1) is 15.1. The molecule has 0 saturated heterocycles. The molecule has 8 heteroatoms. The van der Waals surface area contributed by atoms with E-state index in [1.54, 1.807) is 17.9 Å². The number of fused-ring (bicyclic) bond motifs is 1. The highest BCUT2D eigenvalue weighted by atomic mass is 32.1. The van der Waals surface area contributed by atoms with Crippen LogP contribution in [0.2, 0.25) is 0 Å². The highest BCUT2D eigenvalue weighted by molar-refractivity contribution is 7.16. The van der Waals surface area contributed by atoms with E-state index in [1.165, 1.54) is 17.4 Å². The second kappa shape index (κ2) is 10.3. The van der Waals surface area contributed by atoms with Gasteiger partial charge in [0.25, 0.3) is 0 Å². The van der Waals surface area contributed by atoms with Gasteiger partial charge < -0.3 is 20.7 Å². The molecule has 2 heterocycles. The summed E-state index contributed by atoms with van der Waals surface area (Å²) in [5.41, 5.74) is 8.82. The van der Waals surface area contributed by atoms with E-state index in [9.17, 15) is 9.59 Å². The molecule has 1 aliphatic heterocycles. The SMILES string of the molecule is CCOC(=O)N1CCc2c(sc(NC(=O)/C=C/c3ccccc3CC#N)c2C#CN)C1. The van der Waals surface area contributed by atoms with E-state index in [4.69, 9.17) is 15.7 Å². The van der Waals surface area contributed by atoms with Crippen molar-refractivity contribution in [1.82, 2.24) is 4.90 Å². The lowest BCUT2D eigenvalue weighted by atomic mass is 10.0. The van der Waals surface area contributed by atoms with Crippen LogP contribution in [0.25, 0.3) is 6.08 Å². The Morgan fingerprint density at radius 1 is 1.39 bits per heavy atom. The van der Waals surface area contributed by atoms with Gasteiger partial charge in [-0.05, 0) is 42.0 Å². The third kappa shape index (κ3) is 5.25. The summed E-state index contributed by atoms with van der Waals surface area (Å²) in [6, 6.07) is 12.0. The van der Waals surface area contributed by atoms with E-state index in [-0.39, 0.29) is 18.4 Å². The molecule has 1 aromatic heterocycles. The molecule has 3 N–H and O–H groups in total. The maximum Gasteiger partial charge on any atom is 0.410 e. The van der Waals surface area contributed by atoms with Crippen LogP contribution in [0, 0.1) is 23.3 Å². The number of thiophene rings is 1. The van der Waals surface area contributed by atoms with Gasteiger partial charge in [0.2, 0.25) is 5.91 Å². The lowest BCUT2D eigenvalue weighted by Gasteiger charge is -2.26. The topological polar surface area (TPSA) is 108 Å². The molecule has 0 atom stereocenters. The van der Waals surface area contributed by atoms with Crippen molar-refractivity contribution in [3.8, 4) is 18.0 Å². The molecule has 3 rings (SSSR count). The van der Waals surface area contributed by atoms with E-state index >= 15 is 0 Å². The molecular formula is C23H22N4O3S. The number of carbonyl (C=O) groups is 2. The zero-order valence-electron chi connectivity index (χ0n) is 17.1. The Balaban J connectivity index is 1.79. The zero-order valence-corrected chi connectivity index (χ0v) is 17.9. The fourth-order valence-corrected chi connectivity index (χ4v) is 4.55. The molecule has 0 saturated carbocycles. The van der Waals surface area contributed by atoms with Crippen molar-refractivity contribution in [2.75, 3.05) is 18.5 Å². The van der Waals surface area contributed by atoms with Crippen LogP contribution >= 0.6 is 11.3 Å². The van der Waals surface area contributed by atoms with Crippen molar-refractivity contribution >= 4 is 34.4 Å². The fourth-order valence-electron chi connectivity index (χ4n) is 3.33. The first-order valence-electron chi connectivity index (χ1n) is 9.79. The van der Waals surface area contributed by atoms with E-state index in [0.717, 1.165) is 21.6 Å².